The fraction of sp³-hybridized carbons (Fsp3) is 0.500. The molecule has 0 saturated heterocycles. The fourth-order valence-corrected chi connectivity index (χ4v) is 12.8. The molecule has 2 aliphatic heterocycles. The topological polar surface area (TPSA) is 184 Å². The first-order valence-electron chi connectivity index (χ1n) is 29.9. The molecule has 4 heterocycles. The number of aliphatic hydroxyl groups excluding tert-OH is 2. The fourth-order valence-electron chi connectivity index (χ4n) is 12.6. The summed E-state index contributed by atoms with van der Waals surface area (Å²) in [4.78, 5) is 24.0. The monoisotopic (exact) mass is 1170 g/mol. The number of furan rings is 2. The van der Waals surface area contributed by atoms with Crippen LogP contribution in [-0.4, -0.2) is 74.7 Å². The Kier molecular flexibility index (Phi) is 21.0. The molecular formula is C68H86BClF2N2O10. The number of carbonyl (C=O) groups excluding carboxylic acids is 2. The predicted molar refractivity (Wildman–Crippen MR) is 325 cm³/mol. The second kappa shape index (κ2) is 27.6. The lowest BCUT2D eigenvalue weighted by molar-refractivity contribution is -0.121. The molecular weight excluding hydrogens is 1090 g/mol. The molecule has 2 amide bonds. The summed E-state index contributed by atoms with van der Waals surface area (Å²) in [5.74, 6) is 1.74. The van der Waals surface area contributed by atoms with E-state index < -0.39 is 37.2 Å². The van der Waals surface area contributed by atoms with Crippen LogP contribution in [0.1, 0.15) is 178 Å². The van der Waals surface area contributed by atoms with Crippen LogP contribution in [0.15, 0.2) is 118 Å². The minimum Gasteiger partial charge on any atom is -0.487 e. The number of rotatable bonds is 18. The maximum absolute atomic E-state index is 14.5. The standard InChI is InChI=1S/C34H42FNO4.C30H39ClFNO3.C4H5BO3/c1-22(37)36-29(19-23-8-11-28(35)27(17-23)31-7-5-16-39-31)30(38)12-10-25-21-34(14-6-15-34)40-32-13-9-24(18-26(25)32)20-33(2,3)4;1-19(34)33-26(16-20-6-9-25(32)24(31)15-20)27(35)10-8-22-18-30(12-5-13-30)36-28-11-7-21(14-23(22)28)17-29(2,3)4;6-5(7)4-2-1-3-8-4/h5,7-9,11,13,16-18,25,29-30,38H,6,10,12,14-15,19-21H2,1-4H3,(H,36,37);6-7,9,11,14-15,22,26-27,35H,5,8,10,12-13,16-18H2,1-4H3,(H,33,34);1-3,6-7H/t25-,29-,30+;22-,26-,27+;/m00./s1. The molecule has 84 heavy (non-hydrogen) atoms. The molecule has 4 aromatic carbocycles. The molecule has 6 N–H and O–H groups in total. The molecule has 6 aromatic rings. The van der Waals surface area contributed by atoms with Crippen LogP contribution in [0.3, 0.4) is 0 Å². The lowest BCUT2D eigenvalue weighted by atomic mass is 9.69. The van der Waals surface area contributed by atoms with E-state index in [1.165, 1.54) is 79.7 Å². The van der Waals surface area contributed by atoms with Gasteiger partial charge in [-0.15, -0.1) is 0 Å². The lowest BCUT2D eigenvalue weighted by Crippen LogP contribution is -2.47. The van der Waals surface area contributed by atoms with Crippen LogP contribution in [-0.2, 0) is 35.3 Å². The van der Waals surface area contributed by atoms with Crippen LogP contribution in [0.5, 0.6) is 11.5 Å². The molecule has 2 aliphatic carbocycles. The van der Waals surface area contributed by atoms with Gasteiger partial charge in [-0.2, -0.15) is 0 Å². The number of hydrogen-bond acceptors (Lipinski definition) is 10. The first-order chi connectivity index (χ1) is 39.7. The van der Waals surface area contributed by atoms with Gasteiger partial charge in [0.25, 0.3) is 0 Å². The van der Waals surface area contributed by atoms with Crippen molar-refractivity contribution in [3.05, 3.63) is 160 Å². The van der Waals surface area contributed by atoms with Crippen LogP contribution in [0, 0.1) is 22.5 Å². The van der Waals surface area contributed by atoms with Crippen LogP contribution >= 0.6 is 11.6 Å². The van der Waals surface area contributed by atoms with E-state index in [-0.39, 0.29) is 56.3 Å². The van der Waals surface area contributed by atoms with Gasteiger partial charge in [-0.1, -0.05) is 89.5 Å². The van der Waals surface area contributed by atoms with Crippen molar-refractivity contribution in [1.29, 1.82) is 0 Å². The number of ether oxygens (including phenoxy) is 2. The number of carbonyl (C=O) groups is 2. The molecule has 4 aliphatic rings. The molecule has 2 aromatic heterocycles. The van der Waals surface area contributed by atoms with Gasteiger partial charge >= 0.3 is 7.12 Å². The molecule has 452 valence electrons. The van der Waals surface area contributed by atoms with E-state index in [9.17, 15) is 28.6 Å². The molecule has 2 saturated carbocycles. The normalized spacial score (nSPS) is 18.7. The van der Waals surface area contributed by atoms with Crippen LogP contribution in [0.4, 0.5) is 8.78 Å². The van der Waals surface area contributed by atoms with E-state index in [1.54, 1.807) is 42.5 Å². The Labute approximate surface area is 500 Å². The van der Waals surface area contributed by atoms with E-state index in [4.69, 9.17) is 35.5 Å². The summed E-state index contributed by atoms with van der Waals surface area (Å²) < 4.78 is 51.2. The number of benzene rings is 4. The van der Waals surface area contributed by atoms with Gasteiger partial charge in [0.05, 0.1) is 47.4 Å². The molecule has 2 fully saturated rings. The third kappa shape index (κ3) is 17.6. The maximum atomic E-state index is 14.5. The lowest BCUT2D eigenvalue weighted by Gasteiger charge is -2.48. The summed E-state index contributed by atoms with van der Waals surface area (Å²) in [5, 5.41) is 45.2. The molecule has 12 nitrogen and oxygen atoms in total. The van der Waals surface area contributed by atoms with Crippen LogP contribution in [0.25, 0.3) is 11.3 Å². The van der Waals surface area contributed by atoms with Gasteiger partial charge in [-0.25, -0.2) is 8.78 Å². The number of hydrogen-bond donors (Lipinski definition) is 6. The third-order valence-corrected chi connectivity index (χ3v) is 17.0. The Morgan fingerprint density at radius 2 is 1.08 bits per heavy atom. The molecule has 16 heteroatoms. The molecule has 2 spiro atoms. The van der Waals surface area contributed by atoms with E-state index >= 15 is 0 Å². The largest absolute Gasteiger partial charge is 0.526 e. The Hall–Kier alpha value is -5.97. The van der Waals surface area contributed by atoms with Crippen molar-refractivity contribution in [3.63, 3.8) is 0 Å². The van der Waals surface area contributed by atoms with Crippen molar-refractivity contribution in [2.45, 2.75) is 205 Å². The van der Waals surface area contributed by atoms with Crippen molar-refractivity contribution < 1.29 is 56.9 Å². The smallest absolute Gasteiger partial charge is 0.487 e. The molecule has 0 bridgehead atoms. The summed E-state index contributed by atoms with van der Waals surface area (Å²) in [6, 6.07) is 28.2. The SMILES string of the molecule is CC(=O)N[C@@H](Cc1ccc(F)c(-c2ccco2)c1)[C@H](O)CC[C@H]1CC2(CCC2)Oc2ccc(CC(C)(C)C)cc21.CC(=O)N[C@@H](Cc1ccc(F)c(Cl)c1)[C@H](O)CC[C@H]1CC2(CCC2)Oc2ccc(CC(C)(C)C)cc21.OB(O)c1ccco1. The second-order valence-corrected chi connectivity index (χ2v) is 26.9. The van der Waals surface area contributed by atoms with E-state index in [1.807, 2.05) is 0 Å². The van der Waals surface area contributed by atoms with Gasteiger partial charge in [0, 0.05) is 13.8 Å². The van der Waals surface area contributed by atoms with Gasteiger partial charge in [0.15, 0.2) is 0 Å². The van der Waals surface area contributed by atoms with Crippen molar-refractivity contribution in [2.75, 3.05) is 0 Å². The average molecular weight is 1180 g/mol. The first kappa shape index (κ1) is 64.0. The van der Waals surface area contributed by atoms with Crippen molar-refractivity contribution in [2.24, 2.45) is 10.8 Å². The quantitative estimate of drug-likeness (QED) is 0.0453. The molecule has 6 atom stereocenters. The molecule has 10 rings (SSSR count). The highest BCUT2D eigenvalue weighted by molar-refractivity contribution is 6.56. The summed E-state index contributed by atoms with van der Waals surface area (Å²) in [5.41, 5.74) is 7.46. The minimum atomic E-state index is -1.48. The Morgan fingerprint density at radius 3 is 1.46 bits per heavy atom. The first-order valence-corrected chi connectivity index (χ1v) is 30.3. The zero-order valence-corrected chi connectivity index (χ0v) is 50.9. The highest BCUT2D eigenvalue weighted by Gasteiger charge is 2.47. The van der Waals surface area contributed by atoms with Gasteiger partial charge in [-0.3, -0.25) is 9.59 Å². The second-order valence-electron chi connectivity index (χ2n) is 26.5. The summed E-state index contributed by atoms with van der Waals surface area (Å²) >= 11 is 5.96. The van der Waals surface area contributed by atoms with Crippen molar-refractivity contribution in [1.82, 2.24) is 10.6 Å². The summed E-state index contributed by atoms with van der Waals surface area (Å²) in [6.45, 7) is 16.4. The summed E-state index contributed by atoms with van der Waals surface area (Å²) in [7, 11) is -1.48. The molecule has 0 unspecified atom stereocenters. The van der Waals surface area contributed by atoms with Gasteiger partial charge in [0.1, 0.15) is 45.8 Å². The number of amides is 2. The Bertz CT molecular complexity index is 3130. The van der Waals surface area contributed by atoms with Gasteiger partial charge in [0.2, 0.25) is 11.8 Å². The number of halogens is 3. The summed E-state index contributed by atoms with van der Waals surface area (Å²) in [6.07, 6.45) is 15.5. The van der Waals surface area contributed by atoms with Crippen molar-refractivity contribution in [3.8, 4) is 22.8 Å². The highest BCUT2D eigenvalue weighted by atomic mass is 35.5. The average Bonchev–Trinajstić information content (AvgIpc) is 1.59. The van der Waals surface area contributed by atoms with E-state index in [0.717, 1.165) is 86.8 Å². The van der Waals surface area contributed by atoms with Gasteiger partial charge in [-0.05, 0) is 219 Å². The highest BCUT2D eigenvalue weighted by Crippen LogP contribution is 2.53. The molecule has 0 radical (unpaired) electrons. The Balaban J connectivity index is 0.000000194. The number of aliphatic hydroxyl groups is 2. The zero-order valence-electron chi connectivity index (χ0n) is 50.1. The maximum Gasteiger partial charge on any atom is 0.526 e. The third-order valence-electron chi connectivity index (χ3n) is 16.8. The van der Waals surface area contributed by atoms with E-state index in [2.05, 4.69) is 93.0 Å². The number of nitrogens with one attached hydrogen (secondary N) is 2. The van der Waals surface area contributed by atoms with Crippen LogP contribution in [0.2, 0.25) is 5.02 Å². The van der Waals surface area contributed by atoms with Crippen LogP contribution < -0.4 is 25.8 Å². The number of fused-ring (bicyclic) bond motifs is 2. The van der Waals surface area contributed by atoms with E-state index in [0.29, 0.717) is 42.9 Å². The van der Waals surface area contributed by atoms with Gasteiger partial charge < -0.3 is 49.2 Å². The zero-order chi connectivity index (χ0) is 60.6. The Morgan fingerprint density at radius 1 is 0.631 bits per heavy atom. The predicted octanol–water partition coefficient (Wildman–Crippen LogP) is 13.1. The van der Waals surface area contributed by atoms with Crippen molar-refractivity contribution >= 4 is 36.2 Å². The minimum absolute atomic E-state index is 0.0410.